The lowest BCUT2D eigenvalue weighted by molar-refractivity contribution is -0.122. The van der Waals surface area contributed by atoms with E-state index in [-0.39, 0.29) is 17.0 Å². The van der Waals surface area contributed by atoms with Crippen LogP contribution in [0.25, 0.3) is 21.7 Å². The van der Waals surface area contributed by atoms with E-state index in [9.17, 15) is 9.59 Å². The van der Waals surface area contributed by atoms with Crippen LogP contribution in [0.15, 0.2) is 65.5 Å². The Balaban J connectivity index is 1.54. The smallest absolute Gasteiger partial charge is 0.278 e. The van der Waals surface area contributed by atoms with Crippen molar-refractivity contribution in [2.45, 2.75) is 19.5 Å². The van der Waals surface area contributed by atoms with Crippen molar-refractivity contribution in [2.75, 3.05) is 11.9 Å². The molecule has 152 valence electrons. The van der Waals surface area contributed by atoms with E-state index in [2.05, 4.69) is 20.3 Å². The number of aromatic amines is 1. The highest BCUT2D eigenvalue weighted by molar-refractivity contribution is 7.21. The topological polar surface area (TPSA) is 91.0 Å². The van der Waals surface area contributed by atoms with Crippen LogP contribution in [0.1, 0.15) is 12.5 Å². The van der Waals surface area contributed by atoms with E-state index in [1.54, 1.807) is 18.9 Å². The zero-order valence-electron chi connectivity index (χ0n) is 16.6. The molecular formula is C22H21N5O2S. The minimum Gasteiger partial charge on any atom is -0.350 e. The number of nitrogens with zero attached hydrogens (tertiary/aromatic N) is 3. The van der Waals surface area contributed by atoms with Crippen molar-refractivity contribution in [3.05, 3.63) is 76.6 Å². The lowest BCUT2D eigenvalue weighted by atomic mass is 10.2. The van der Waals surface area contributed by atoms with Crippen LogP contribution in [0.2, 0.25) is 0 Å². The van der Waals surface area contributed by atoms with Crippen LogP contribution in [0.4, 0.5) is 5.13 Å². The highest BCUT2D eigenvalue weighted by Gasteiger charge is 2.22. The SMILES string of the molecule is C[C@H](C(=O)NCc1ccccc1)N(C)c1nc2c(=O)[nH]c(-c3ccccc3)nc2s1. The summed E-state index contributed by atoms with van der Waals surface area (Å²) < 4.78 is 0. The van der Waals surface area contributed by atoms with E-state index in [1.165, 1.54) is 11.3 Å². The second kappa shape index (κ2) is 8.46. The molecule has 30 heavy (non-hydrogen) atoms. The third kappa shape index (κ3) is 4.08. The first-order valence-corrected chi connectivity index (χ1v) is 10.4. The molecule has 2 aromatic heterocycles. The largest absolute Gasteiger partial charge is 0.350 e. The maximum absolute atomic E-state index is 12.6. The van der Waals surface area contributed by atoms with E-state index in [1.807, 2.05) is 60.7 Å². The number of benzene rings is 2. The lowest BCUT2D eigenvalue weighted by Crippen LogP contribution is -2.43. The van der Waals surface area contributed by atoms with Crippen molar-refractivity contribution < 1.29 is 4.79 Å². The van der Waals surface area contributed by atoms with E-state index in [4.69, 9.17) is 0 Å². The third-order valence-corrected chi connectivity index (χ3v) is 5.92. The molecule has 7 nitrogen and oxygen atoms in total. The summed E-state index contributed by atoms with van der Waals surface area (Å²) in [7, 11) is 1.79. The normalized spacial score (nSPS) is 11.9. The molecule has 4 aromatic rings. The number of likely N-dealkylation sites (N-methyl/N-ethyl adjacent to an activating group) is 1. The Morgan fingerprint density at radius 1 is 1.10 bits per heavy atom. The van der Waals surface area contributed by atoms with Crippen molar-refractivity contribution in [1.82, 2.24) is 20.3 Å². The van der Waals surface area contributed by atoms with Gasteiger partial charge in [-0.05, 0) is 12.5 Å². The Bertz CT molecular complexity index is 1220. The van der Waals surface area contributed by atoms with Gasteiger partial charge in [-0.25, -0.2) is 9.97 Å². The number of hydrogen-bond acceptors (Lipinski definition) is 6. The van der Waals surface area contributed by atoms with Gasteiger partial charge < -0.3 is 15.2 Å². The van der Waals surface area contributed by atoms with E-state index >= 15 is 0 Å². The number of amides is 1. The molecule has 0 aliphatic heterocycles. The van der Waals surface area contributed by atoms with Crippen LogP contribution >= 0.6 is 11.3 Å². The number of nitrogens with one attached hydrogen (secondary N) is 2. The Labute approximate surface area is 177 Å². The molecule has 0 spiro atoms. The van der Waals surface area contributed by atoms with Crippen LogP contribution < -0.4 is 15.8 Å². The van der Waals surface area contributed by atoms with Crippen LogP contribution in [0.5, 0.6) is 0 Å². The van der Waals surface area contributed by atoms with Gasteiger partial charge in [0.25, 0.3) is 5.56 Å². The van der Waals surface area contributed by atoms with Gasteiger partial charge in [0, 0.05) is 19.2 Å². The lowest BCUT2D eigenvalue weighted by Gasteiger charge is -2.23. The summed E-state index contributed by atoms with van der Waals surface area (Å²) in [6.07, 6.45) is 0. The number of anilines is 1. The second-order valence-electron chi connectivity index (χ2n) is 6.92. The van der Waals surface area contributed by atoms with Gasteiger partial charge >= 0.3 is 0 Å². The number of rotatable bonds is 6. The minimum absolute atomic E-state index is 0.118. The van der Waals surface area contributed by atoms with Crippen LogP contribution in [-0.4, -0.2) is 33.9 Å². The van der Waals surface area contributed by atoms with Crippen LogP contribution in [0.3, 0.4) is 0 Å². The predicted octanol–water partition coefficient (Wildman–Crippen LogP) is 3.19. The molecule has 0 unspecified atom stereocenters. The summed E-state index contributed by atoms with van der Waals surface area (Å²) in [5.74, 6) is 0.382. The molecule has 2 N–H and O–H groups in total. The van der Waals surface area contributed by atoms with E-state index in [0.717, 1.165) is 11.1 Å². The number of carbonyl (C=O) groups is 1. The van der Waals surface area contributed by atoms with Crippen molar-refractivity contribution >= 4 is 32.7 Å². The quantitative estimate of drug-likeness (QED) is 0.501. The van der Waals surface area contributed by atoms with Crippen molar-refractivity contribution in [2.24, 2.45) is 0 Å². The number of thiazole rings is 1. The summed E-state index contributed by atoms with van der Waals surface area (Å²) in [5.41, 5.74) is 1.84. The number of fused-ring (bicyclic) bond motifs is 1. The first-order chi connectivity index (χ1) is 14.5. The highest BCUT2D eigenvalue weighted by atomic mass is 32.1. The molecule has 0 bridgehead atoms. The maximum Gasteiger partial charge on any atom is 0.278 e. The molecule has 0 aliphatic carbocycles. The van der Waals surface area contributed by atoms with Gasteiger partial charge in [0.15, 0.2) is 15.5 Å². The maximum atomic E-state index is 12.6. The fraction of sp³-hybridized carbons (Fsp3) is 0.182. The molecule has 0 saturated heterocycles. The van der Waals surface area contributed by atoms with E-state index < -0.39 is 6.04 Å². The van der Waals surface area contributed by atoms with Gasteiger partial charge in [-0.1, -0.05) is 72.0 Å². The molecule has 0 aliphatic rings. The van der Waals surface area contributed by atoms with E-state index in [0.29, 0.717) is 22.3 Å². The average molecular weight is 420 g/mol. The Morgan fingerprint density at radius 2 is 1.77 bits per heavy atom. The minimum atomic E-state index is -0.457. The molecule has 8 heteroatoms. The first kappa shape index (κ1) is 19.8. The van der Waals surface area contributed by atoms with Crippen LogP contribution in [-0.2, 0) is 11.3 Å². The van der Waals surface area contributed by atoms with Crippen molar-refractivity contribution in [3.8, 4) is 11.4 Å². The van der Waals surface area contributed by atoms with Gasteiger partial charge in [0.05, 0.1) is 0 Å². The third-order valence-electron chi connectivity index (χ3n) is 4.88. The molecule has 1 atom stereocenters. The molecule has 4 rings (SSSR count). The van der Waals surface area contributed by atoms with Crippen LogP contribution in [0, 0.1) is 0 Å². The van der Waals surface area contributed by atoms with Crippen molar-refractivity contribution in [3.63, 3.8) is 0 Å². The molecular weight excluding hydrogens is 398 g/mol. The number of aromatic nitrogens is 3. The molecule has 2 aromatic carbocycles. The Kier molecular flexibility index (Phi) is 5.58. The van der Waals surface area contributed by atoms with Gasteiger partial charge in [-0.2, -0.15) is 0 Å². The first-order valence-electron chi connectivity index (χ1n) is 9.53. The summed E-state index contributed by atoms with van der Waals surface area (Å²) >= 11 is 1.29. The molecule has 0 radical (unpaired) electrons. The fourth-order valence-electron chi connectivity index (χ4n) is 2.98. The summed E-state index contributed by atoms with van der Waals surface area (Å²) in [6.45, 7) is 2.26. The molecule has 0 saturated carbocycles. The van der Waals surface area contributed by atoms with Gasteiger partial charge in [-0.15, -0.1) is 0 Å². The Morgan fingerprint density at radius 3 is 2.47 bits per heavy atom. The van der Waals surface area contributed by atoms with Gasteiger partial charge in [-0.3, -0.25) is 9.59 Å². The zero-order valence-corrected chi connectivity index (χ0v) is 17.4. The summed E-state index contributed by atoms with van der Waals surface area (Å²) in [6, 6.07) is 18.7. The number of hydrogen-bond donors (Lipinski definition) is 2. The van der Waals surface area contributed by atoms with Crippen molar-refractivity contribution in [1.29, 1.82) is 0 Å². The van der Waals surface area contributed by atoms with Gasteiger partial charge in [0.1, 0.15) is 11.9 Å². The molecule has 1 amide bonds. The second-order valence-corrected chi connectivity index (χ2v) is 7.88. The summed E-state index contributed by atoms with van der Waals surface area (Å²) in [4.78, 5) is 39.2. The monoisotopic (exact) mass is 419 g/mol. The average Bonchev–Trinajstić information content (AvgIpc) is 3.22. The number of carbonyl (C=O) groups excluding carboxylic acids is 1. The van der Waals surface area contributed by atoms with Gasteiger partial charge in [0.2, 0.25) is 5.91 Å². The summed E-state index contributed by atoms with van der Waals surface area (Å²) in [5, 5.41) is 3.50. The molecule has 0 fully saturated rings. The standard InChI is InChI=1S/C22H21N5O2S/c1-14(19(28)23-13-15-9-5-3-6-10-15)27(2)22-24-17-20(29)25-18(26-21(17)30-22)16-11-7-4-8-12-16/h3-12,14H,13H2,1-2H3,(H,23,28)(H,25,26,29)/t14-/m1/s1. The number of H-pyrrole nitrogens is 1. The highest BCUT2D eigenvalue weighted by Crippen LogP contribution is 2.27. The fourth-order valence-corrected chi connectivity index (χ4v) is 3.96. The zero-order chi connectivity index (χ0) is 21.1. The molecule has 2 heterocycles. The Hall–Kier alpha value is -3.52. The predicted molar refractivity (Wildman–Crippen MR) is 120 cm³/mol.